The van der Waals surface area contributed by atoms with Gasteiger partial charge in [-0.25, -0.2) is 0 Å². The molecule has 3 heteroatoms. The lowest BCUT2D eigenvalue weighted by Crippen LogP contribution is -2.51. The van der Waals surface area contributed by atoms with Gasteiger partial charge in [0.1, 0.15) is 0 Å². The minimum absolute atomic E-state index is 0. The van der Waals surface area contributed by atoms with E-state index in [1.807, 2.05) is 13.8 Å². The molecule has 0 aromatic heterocycles. The van der Waals surface area contributed by atoms with Gasteiger partial charge in [-0.05, 0) is 12.5 Å². The number of hydrogen-bond donors (Lipinski definition) is 0. The van der Waals surface area contributed by atoms with Gasteiger partial charge in [0.2, 0.25) is 0 Å². The molecule has 0 N–H and O–H groups in total. The predicted octanol–water partition coefficient (Wildman–Crippen LogP) is 5.09. The van der Waals surface area contributed by atoms with Crippen molar-refractivity contribution in [1.29, 1.82) is 0 Å². The van der Waals surface area contributed by atoms with Crippen LogP contribution in [0.15, 0.2) is 23.8 Å². The average molecular weight is 333 g/mol. The predicted molar refractivity (Wildman–Crippen MR) is 86.7 cm³/mol. The summed E-state index contributed by atoms with van der Waals surface area (Å²) in [7, 11) is 0. The van der Waals surface area contributed by atoms with E-state index in [1.54, 1.807) is 0 Å². The quantitative estimate of drug-likeness (QED) is 0.529. The maximum atomic E-state index is 5.69. The second-order valence-electron chi connectivity index (χ2n) is 4.82. The largest absolute Gasteiger partial charge is 0.347 e. The fourth-order valence-corrected chi connectivity index (χ4v) is 3.05. The standard InChI is InChI=1S/C13H19BrO2.C2H6.CH4/c1-3-11(5-4-6-14)12(2)9-13(10-12)15-7-8-16-13;1-2;/h3-5H,6-10H2,1-2H3;1-2H3;1H4/b5-4-,11-3+;;. The lowest BCUT2D eigenvalue weighted by Gasteiger charge is -2.51. The topological polar surface area (TPSA) is 18.5 Å². The third kappa shape index (κ3) is 4.17. The molecule has 2 rings (SSSR count). The molecule has 2 aliphatic rings. The molecule has 1 aliphatic heterocycles. The van der Waals surface area contributed by atoms with E-state index in [2.05, 4.69) is 48.0 Å². The summed E-state index contributed by atoms with van der Waals surface area (Å²) < 4.78 is 11.4. The Morgan fingerprint density at radius 2 is 1.74 bits per heavy atom. The highest BCUT2D eigenvalue weighted by Crippen LogP contribution is 2.56. The molecule has 1 saturated carbocycles. The highest BCUT2D eigenvalue weighted by atomic mass is 79.9. The fraction of sp³-hybridized carbons (Fsp3) is 0.750. The Balaban J connectivity index is 0.00000103. The summed E-state index contributed by atoms with van der Waals surface area (Å²) in [5, 5.41) is 0.901. The second-order valence-corrected chi connectivity index (χ2v) is 5.47. The van der Waals surface area contributed by atoms with E-state index in [4.69, 9.17) is 9.47 Å². The summed E-state index contributed by atoms with van der Waals surface area (Å²) in [4.78, 5) is 0. The number of rotatable bonds is 3. The van der Waals surface area contributed by atoms with E-state index in [-0.39, 0.29) is 18.6 Å². The highest BCUT2D eigenvalue weighted by molar-refractivity contribution is 9.09. The van der Waals surface area contributed by atoms with Gasteiger partial charge in [-0.1, -0.05) is 62.4 Å². The van der Waals surface area contributed by atoms with Gasteiger partial charge >= 0.3 is 0 Å². The minimum atomic E-state index is -0.259. The van der Waals surface area contributed by atoms with Crippen LogP contribution in [0.3, 0.4) is 0 Å². The van der Waals surface area contributed by atoms with Crippen molar-refractivity contribution >= 4 is 15.9 Å². The van der Waals surface area contributed by atoms with Crippen molar-refractivity contribution in [3.63, 3.8) is 0 Å². The Morgan fingerprint density at radius 3 is 2.16 bits per heavy atom. The molecule has 0 bridgehead atoms. The smallest absolute Gasteiger partial charge is 0.170 e. The Hall–Kier alpha value is -0.120. The number of hydrogen-bond acceptors (Lipinski definition) is 2. The van der Waals surface area contributed by atoms with E-state index in [0.29, 0.717) is 0 Å². The van der Waals surface area contributed by atoms with Crippen molar-refractivity contribution in [2.75, 3.05) is 18.5 Å². The second kappa shape index (κ2) is 8.23. The summed E-state index contributed by atoms with van der Waals surface area (Å²) in [6, 6.07) is 0. The Morgan fingerprint density at radius 1 is 1.21 bits per heavy atom. The molecular weight excluding hydrogens is 304 g/mol. The third-order valence-electron chi connectivity index (χ3n) is 3.53. The number of alkyl halides is 1. The molecule has 0 unspecified atom stereocenters. The van der Waals surface area contributed by atoms with Crippen molar-refractivity contribution in [3.05, 3.63) is 23.8 Å². The van der Waals surface area contributed by atoms with Crippen LogP contribution in [0.2, 0.25) is 0 Å². The molecular formula is C16H29BrO2. The first-order valence-corrected chi connectivity index (χ1v) is 7.93. The molecule has 1 spiro atoms. The van der Waals surface area contributed by atoms with E-state index in [1.165, 1.54) is 5.57 Å². The first-order valence-electron chi connectivity index (χ1n) is 6.81. The van der Waals surface area contributed by atoms with Crippen LogP contribution in [-0.2, 0) is 9.47 Å². The summed E-state index contributed by atoms with van der Waals surface area (Å²) in [6.07, 6.45) is 8.50. The lowest BCUT2D eigenvalue weighted by molar-refractivity contribution is -0.247. The van der Waals surface area contributed by atoms with Crippen LogP contribution in [0, 0.1) is 5.41 Å². The molecule has 1 aliphatic carbocycles. The first kappa shape index (κ1) is 18.9. The van der Waals surface area contributed by atoms with Crippen molar-refractivity contribution in [2.24, 2.45) is 5.41 Å². The Bertz CT molecular complexity index is 307. The Kier molecular flexibility index (Phi) is 8.18. The number of halogens is 1. The zero-order valence-electron chi connectivity index (χ0n) is 12.0. The van der Waals surface area contributed by atoms with Crippen molar-refractivity contribution in [2.45, 2.75) is 53.8 Å². The maximum Gasteiger partial charge on any atom is 0.170 e. The summed E-state index contributed by atoms with van der Waals surface area (Å²) in [5.74, 6) is -0.259. The number of allylic oxidation sites excluding steroid dienone is 4. The molecule has 0 atom stereocenters. The van der Waals surface area contributed by atoms with Crippen LogP contribution in [0.4, 0.5) is 0 Å². The highest BCUT2D eigenvalue weighted by Gasteiger charge is 2.56. The van der Waals surface area contributed by atoms with E-state index >= 15 is 0 Å². The molecule has 0 aromatic carbocycles. The molecule has 0 amide bonds. The molecule has 112 valence electrons. The average Bonchev–Trinajstić information content (AvgIpc) is 2.81. The zero-order chi connectivity index (χ0) is 13.6. The van der Waals surface area contributed by atoms with E-state index < -0.39 is 0 Å². The van der Waals surface area contributed by atoms with Gasteiger partial charge in [-0.2, -0.15) is 0 Å². The van der Waals surface area contributed by atoms with Gasteiger partial charge < -0.3 is 9.47 Å². The first-order chi connectivity index (χ1) is 8.64. The van der Waals surface area contributed by atoms with Gasteiger partial charge in [-0.15, -0.1) is 0 Å². The Labute approximate surface area is 127 Å². The molecule has 2 fully saturated rings. The minimum Gasteiger partial charge on any atom is -0.347 e. The van der Waals surface area contributed by atoms with Crippen LogP contribution >= 0.6 is 15.9 Å². The van der Waals surface area contributed by atoms with Crippen LogP contribution in [0.25, 0.3) is 0 Å². The van der Waals surface area contributed by atoms with Crippen molar-refractivity contribution in [1.82, 2.24) is 0 Å². The lowest BCUT2D eigenvalue weighted by atomic mass is 9.61. The normalized spacial score (nSPS) is 23.5. The van der Waals surface area contributed by atoms with Crippen LogP contribution < -0.4 is 0 Å². The molecule has 2 nitrogen and oxygen atoms in total. The van der Waals surface area contributed by atoms with Gasteiger partial charge in [0.25, 0.3) is 0 Å². The number of ether oxygens (including phenoxy) is 2. The van der Waals surface area contributed by atoms with Crippen molar-refractivity contribution in [3.8, 4) is 0 Å². The van der Waals surface area contributed by atoms with Crippen LogP contribution in [0.5, 0.6) is 0 Å². The molecule has 0 aromatic rings. The van der Waals surface area contributed by atoms with Gasteiger partial charge in [0.15, 0.2) is 5.79 Å². The SMILES string of the molecule is C.C/C=C(\C=C/CBr)C1(C)CC2(C1)OCCO2.CC. The van der Waals surface area contributed by atoms with Gasteiger partial charge in [0, 0.05) is 23.6 Å². The van der Waals surface area contributed by atoms with Gasteiger partial charge in [-0.3, -0.25) is 0 Å². The maximum absolute atomic E-state index is 5.69. The fourth-order valence-electron chi connectivity index (χ4n) is 2.86. The molecule has 1 heterocycles. The summed E-state index contributed by atoms with van der Waals surface area (Å²) >= 11 is 3.41. The van der Waals surface area contributed by atoms with Crippen LogP contribution in [0.1, 0.15) is 48.0 Å². The monoisotopic (exact) mass is 332 g/mol. The van der Waals surface area contributed by atoms with Crippen LogP contribution in [-0.4, -0.2) is 24.3 Å². The third-order valence-corrected chi connectivity index (χ3v) is 3.90. The summed E-state index contributed by atoms with van der Waals surface area (Å²) in [6.45, 7) is 9.88. The summed E-state index contributed by atoms with van der Waals surface area (Å²) in [5.41, 5.74) is 1.61. The molecule has 1 saturated heterocycles. The zero-order valence-corrected chi connectivity index (χ0v) is 13.5. The van der Waals surface area contributed by atoms with E-state index in [9.17, 15) is 0 Å². The van der Waals surface area contributed by atoms with Crippen molar-refractivity contribution < 1.29 is 9.47 Å². The van der Waals surface area contributed by atoms with Gasteiger partial charge in [0.05, 0.1) is 13.2 Å². The molecule has 0 radical (unpaired) electrons. The van der Waals surface area contributed by atoms with E-state index in [0.717, 1.165) is 31.4 Å². The molecule has 19 heavy (non-hydrogen) atoms.